The third-order valence-electron chi connectivity index (χ3n) is 2.46. The molecule has 0 aromatic heterocycles. The van der Waals surface area contributed by atoms with Crippen LogP contribution in [0.25, 0.3) is 0 Å². The van der Waals surface area contributed by atoms with E-state index >= 15 is 0 Å². The summed E-state index contributed by atoms with van der Waals surface area (Å²) in [6.45, 7) is 4.59. The fourth-order valence-corrected chi connectivity index (χ4v) is 1.71. The van der Waals surface area contributed by atoms with Gasteiger partial charge in [0.2, 0.25) is 0 Å². The van der Waals surface area contributed by atoms with Gasteiger partial charge in [0.15, 0.2) is 0 Å². The number of likely N-dealkylation sites (N-methyl/N-ethyl adjacent to an activating group) is 1. The van der Waals surface area contributed by atoms with Crippen LogP contribution in [0.15, 0.2) is 18.2 Å². The fourth-order valence-electron chi connectivity index (χ4n) is 1.51. The van der Waals surface area contributed by atoms with Crippen LogP contribution >= 0.6 is 11.6 Å². The van der Waals surface area contributed by atoms with Gasteiger partial charge < -0.3 is 10.0 Å². The van der Waals surface area contributed by atoms with Gasteiger partial charge in [0.1, 0.15) is 0 Å². The summed E-state index contributed by atoms with van der Waals surface area (Å²) in [7, 11) is 0. The summed E-state index contributed by atoms with van der Waals surface area (Å²) in [5, 5.41) is 9.35. The second-order valence-corrected chi connectivity index (χ2v) is 3.92. The largest absolute Gasteiger partial charge is 0.395 e. The molecule has 0 aliphatic carbocycles. The van der Waals surface area contributed by atoms with Crippen molar-refractivity contribution < 1.29 is 9.90 Å². The number of rotatable bonds is 4. The van der Waals surface area contributed by atoms with Crippen LogP contribution in [0.4, 0.5) is 0 Å². The Morgan fingerprint density at radius 2 is 2.19 bits per heavy atom. The number of halogens is 1. The Hall–Kier alpha value is -1.06. The fraction of sp³-hybridized carbons (Fsp3) is 0.417. The first-order chi connectivity index (χ1) is 7.61. The van der Waals surface area contributed by atoms with Crippen molar-refractivity contribution in [3.8, 4) is 0 Å². The molecule has 1 aromatic carbocycles. The normalized spacial score (nSPS) is 10.2. The standard InChI is InChI=1S/C12H16ClNO2/c1-3-14(7-8-15)12(16)10-6-4-5-9(2)11(10)13/h4-6,15H,3,7-8H2,1-2H3. The first-order valence-electron chi connectivity index (χ1n) is 5.27. The molecular weight excluding hydrogens is 226 g/mol. The molecule has 88 valence electrons. The molecule has 0 aliphatic rings. The molecule has 16 heavy (non-hydrogen) atoms. The molecule has 0 unspecified atom stereocenters. The zero-order valence-electron chi connectivity index (χ0n) is 9.53. The van der Waals surface area contributed by atoms with E-state index in [0.29, 0.717) is 23.7 Å². The molecule has 1 aromatic rings. The Balaban J connectivity index is 2.99. The minimum atomic E-state index is -0.134. The van der Waals surface area contributed by atoms with Gasteiger partial charge >= 0.3 is 0 Å². The van der Waals surface area contributed by atoms with Crippen molar-refractivity contribution >= 4 is 17.5 Å². The van der Waals surface area contributed by atoms with Crippen LogP contribution in [0.1, 0.15) is 22.8 Å². The summed E-state index contributed by atoms with van der Waals surface area (Å²) in [5.41, 5.74) is 1.38. The third kappa shape index (κ3) is 2.74. The summed E-state index contributed by atoms with van der Waals surface area (Å²) >= 11 is 6.08. The van der Waals surface area contributed by atoms with Gasteiger partial charge in [0.25, 0.3) is 5.91 Å². The Morgan fingerprint density at radius 3 is 2.75 bits per heavy atom. The minimum Gasteiger partial charge on any atom is -0.395 e. The van der Waals surface area contributed by atoms with Crippen LogP contribution in [-0.2, 0) is 0 Å². The highest BCUT2D eigenvalue weighted by atomic mass is 35.5. The van der Waals surface area contributed by atoms with Crippen molar-refractivity contribution in [2.24, 2.45) is 0 Å². The van der Waals surface area contributed by atoms with Crippen LogP contribution in [0.5, 0.6) is 0 Å². The summed E-state index contributed by atoms with van der Waals surface area (Å²) in [5.74, 6) is -0.134. The van der Waals surface area contributed by atoms with Gasteiger partial charge in [-0.1, -0.05) is 23.7 Å². The molecule has 1 rings (SSSR count). The summed E-state index contributed by atoms with van der Waals surface area (Å²) in [6.07, 6.45) is 0. The lowest BCUT2D eigenvalue weighted by atomic mass is 10.1. The van der Waals surface area contributed by atoms with Gasteiger partial charge in [-0.15, -0.1) is 0 Å². The lowest BCUT2D eigenvalue weighted by molar-refractivity contribution is 0.0732. The minimum absolute atomic E-state index is 0.0387. The number of aryl methyl sites for hydroxylation is 1. The molecule has 3 nitrogen and oxygen atoms in total. The number of aliphatic hydroxyl groups is 1. The number of carbonyl (C=O) groups excluding carboxylic acids is 1. The number of carbonyl (C=O) groups is 1. The molecule has 0 radical (unpaired) electrons. The molecule has 0 saturated carbocycles. The Labute approximate surface area is 101 Å². The highest BCUT2D eigenvalue weighted by molar-refractivity contribution is 6.34. The van der Waals surface area contributed by atoms with Crippen LogP contribution in [-0.4, -0.2) is 35.6 Å². The van der Waals surface area contributed by atoms with E-state index in [0.717, 1.165) is 5.56 Å². The van der Waals surface area contributed by atoms with Crippen molar-refractivity contribution in [2.45, 2.75) is 13.8 Å². The number of amides is 1. The maximum Gasteiger partial charge on any atom is 0.255 e. The molecule has 1 amide bonds. The molecule has 0 heterocycles. The number of nitrogens with zero attached hydrogens (tertiary/aromatic N) is 1. The number of aliphatic hydroxyl groups excluding tert-OH is 1. The van der Waals surface area contributed by atoms with E-state index < -0.39 is 0 Å². The number of hydrogen-bond donors (Lipinski definition) is 1. The molecule has 0 fully saturated rings. The predicted molar refractivity (Wildman–Crippen MR) is 64.9 cm³/mol. The summed E-state index contributed by atoms with van der Waals surface area (Å²) in [4.78, 5) is 13.6. The Kier molecular flexibility index (Phi) is 4.77. The summed E-state index contributed by atoms with van der Waals surface area (Å²) < 4.78 is 0. The average Bonchev–Trinajstić information content (AvgIpc) is 2.29. The highest BCUT2D eigenvalue weighted by Crippen LogP contribution is 2.21. The van der Waals surface area contributed by atoms with Gasteiger partial charge in [0, 0.05) is 13.1 Å². The molecular formula is C12H16ClNO2. The predicted octanol–water partition coefficient (Wildman–Crippen LogP) is 2.10. The zero-order chi connectivity index (χ0) is 12.1. The van der Waals surface area contributed by atoms with E-state index in [1.54, 1.807) is 17.0 Å². The van der Waals surface area contributed by atoms with Crippen LogP contribution in [0.3, 0.4) is 0 Å². The molecule has 4 heteroatoms. The molecule has 0 aliphatic heterocycles. The van der Waals surface area contributed by atoms with Gasteiger partial charge in [-0.2, -0.15) is 0 Å². The zero-order valence-corrected chi connectivity index (χ0v) is 10.3. The quantitative estimate of drug-likeness (QED) is 0.877. The van der Waals surface area contributed by atoms with Gasteiger partial charge in [-0.05, 0) is 25.5 Å². The van der Waals surface area contributed by atoms with Crippen molar-refractivity contribution in [3.05, 3.63) is 34.3 Å². The average molecular weight is 242 g/mol. The number of hydrogen-bond acceptors (Lipinski definition) is 2. The third-order valence-corrected chi connectivity index (χ3v) is 2.96. The van der Waals surface area contributed by atoms with E-state index in [9.17, 15) is 4.79 Å². The van der Waals surface area contributed by atoms with Gasteiger partial charge in [-0.3, -0.25) is 4.79 Å². The van der Waals surface area contributed by atoms with E-state index in [2.05, 4.69) is 0 Å². The van der Waals surface area contributed by atoms with E-state index in [-0.39, 0.29) is 12.5 Å². The second-order valence-electron chi connectivity index (χ2n) is 3.54. The van der Waals surface area contributed by atoms with E-state index in [1.165, 1.54) is 0 Å². The van der Waals surface area contributed by atoms with Gasteiger partial charge in [-0.25, -0.2) is 0 Å². The molecule has 0 spiro atoms. The molecule has 0 atom stereocenters. The monoisotopic (exact) mass is 241 g/mol. The van der Waals surface area contributed by atoms with Gasteiger partial charge in [0.05, 0.1) is 17.2 Å². The molecule has 0 saturated heterocycles. The van der Waals surface area contributed by atoms with Crippen molar-refractivity contribution in [3.63, 3.8) is 0 Å². The van der Waals surface area contributed by atoms with Crippen molar-refractivity contribution in [1.82, 2.24) is 4.90 Å². The lowest BCUT2D eigenvalue weighted by Crippen LogP contribution is -2.33. The summed E-state index contributed by atoms with van der Waals surface area (Å²) in [6, 6.07) is 5.38. The first-order valence-corrected chi connectivity index (χ1v) is 5.64. The molecule has 1 N–H and O–H groups in total. The lowest BCUT2D eigenvalue weighted by Gasteiger charge is -2.20. The maximum atomic E-state index is 12.1. The van der Waals surface area contributed by atoms with Crippen LogP contribution in [0, 0.1) is 6.92 Å². The van der Waals surface area contributed by atoms with E-state index in [1.807, 2.05) is 19.9 Å². The number of benzene rings is 1. The van der Waals surface area contributed by atoms with Crippen LogP contribution < -0.4 is 0 Å². The van der Waals surface area contributed by atoms with E-state index in [4.69, 9.17) is 16.7 Å². The van der Waals surface area contributed by atoms with Crippen molar-refractivity contribution in [2.75, 3.05) is 19.7 Å². The Morgan fingerprint density at radius 1 is 1.50 bits per heavy atom. The van der Waals surface area contributed by atoms with Crippen molar-refractivity contribution in [1.29, 1.82) is 0 Å². The SMILES string of the molecule is CCN(CCO)C(=O)c1cccc(C)c1Cl. The second kappa shape index (κ2) is 5.87. The maximum absolute atomic E-state index is 12.1. The highest BCUT2D eigenvalue weighted by Gasteiger charge is 2.17. The topological polar surface area (TPSA) is 40.5 Å². The smallest absolute Gasteiger partial charge is 0.255 e. The Bertz CT molecular complexity index is 379. The van der Waals surface area contributed by atoms with Crippen LogP contribution in [0.2, 0.25) is 5.02 Å². The first kappa shape index (κ1) is 13.0. The molecule has 0 bridgehead atoms.